The SMILES string of the molecule is CC(C)(C)C(=O)NCC(=O)Nc1ccc(CC(=O)O)nc1. The molecule has 0 aromatic carbocycles. The van der Waals surface area contributed by atoms with Crippen molar-refractivity contribution in [3.8, 4) is 0 Å². The Morgan fingerprint density at radius 2 is 1.90 bits per heavy atom. The number of amides is 2. The highest BCUT2D eigenvalue weighted by molar-refractivity contribution is 5.95. The van der Waals surface area contributed by atoms with Crippen molar-refractivity contribution in [2.45, 2.75) is 27.2 Å². The number of carboxylic acids is 1. The zero-order valence-electron chi connectivity index (χ0n) is 12.3. The van der Waals surface area contributed by atoms with Gasteiger partial charge in [0.05, 0.1) is 30.5 Å². The number of carbonyl (C=O) groups excluding carboxylic acids is 2. The van der Waals surface area contributed by atoms with Crippen LogP contribution in [0.2, 0.25) is 0 Å². The van der Waals surface area contributed by atoms with Crippen molar-refractivity contribution in [3.63, 3.8) is 0 Å². The van der Waals surface area contributed by atoms with Gasteiger partial charge in [0.2, 0.25) is 11.8 Å². The van der Waals surface area contributed by atoms with Gasteiger partial charge in [-0.2, -0.15) is 0 Å². The lowest BCUT2D eigenvalue weighted by Crippen LogP contribution is -2.39. The van der Waals surface area contributed by atoms with Gasteiger partial charge in [0.25, 0.3) is 0 Å². The van der Waals surface area contributed by atoms with Crippen molar-refractivity contribution >= 4 is 23.5 Å². The lowest BCUT2D eigenvalue weighted by molar-refractivity contribution is -0.136. The number of nitrogens with zero attached hydrogens (tertiary/aromatic N) is 1. The van der Waals surface area contributed by atoms with Crippen molar-refractivity contribution in [2.24, 2.45) is 5.41 Å². The Balaban J connectivity index is 2.48. The molecule has 0 aliphatic heterocycles. The van der Waals surface area contributed by atoms with Crippen molar-refractivity contribution in [3.05, 3.63) is 24.0 Å². The lowest BCUT2D eigenvalue weighted by Gasteiger charge is -2.17. The van der Waals surface area contributed by atoms with E-state index < -0.39 is 11.4 Å². The monoisotopic (exact) mass is 293 g/mol. The maximum atomic E-state index is 11.7. The number of hydrogen-bond acceptors (Lipinski definition) is 4. The second-order valence-corrected chi connectivity index (χ2v) is 5.59. The molecule has 0 fully saturated rings. The van der Waals surface area contributed by atoms with E-state index in [9.17, 15) is 14.4 Å². The Bertz CT molecular complexity index is 532. The largest absolute Gasteiger partial charge is 0.481 e. The van der Waals surface area contributed by atoms with Crippen molar-refractivity contribution in [2.75, 3.05) is 11.9 Å². The average Bonchev–Trinajstić information content (AvgIpc) is 2.36. The van der Waals surface area contributed by atoms with Crippen LogP contribution >= 0.6 is 0 Å². The quantitative estimate of drug-likeness (QED) is 0.744. The molecule has 1 heterocycles. The summed E-state index contributed by atoms with van der Waals surface area (Å²) >= 11 is 0. The molecular weight excluding hydrogens is 274 g/mol. The molecule has 1 rings (SSSR count). The molecule has 1 aromatic rings. The minimum atomic E-state index is -0.968. The molecule has 0 aliphatic carbocycles. The Morgan fingerprint density at radius 3 is 2.38 bits per heavy atom. The maximum Gasteiger partial charge on any atom is 0.309 e. The topological polar surface area (TPSA) is 108 Å². The predicted octanol–water partition coefficient (Wildman–Crippen LogP) is 0.809. The summed E-state index contributed by atoms with van der Waals surface area (Å²) in [7, 11) is 0. The molecule has 0 bridgehead atoms. The van der Waals surface area contributed by atoms with E-state index in [0.29, 0.717) is 11.4 Å². The van der Waals surface area contributed by atoms with Gasteiger partial charge in [-0.15, -0.1) is 0 Å². The van der Waals surface area contributed by atoms with Crippen molar-refractivity contribution < 1.29 is 19.5 Å². The molecule has 0 saturated carbocycles. The van der Waals surface area contributed by atoms with Crippen LogP contribution < -0.4 is 10.6 Å². The van der Waals surface area contributed by atoms with E-state index in [0.717, 1.165) is 0 Å². The second-order valence-electron chi connectivity index (χ2n) is 5.59. The van der Waals surface area contributed by atoms with E-state index >= 15 is 0 Å². The van der Waals surface area contributed by atoms with Gasteiger partial charge in [0.1, 0.15) is 0 Å². The van der Waals surface area contributed by atoms with Crippen LogP contribution in [0.3, 0.4) is 0 Å². The van der Waals surface area contributed by atoms with E-state index in [1.54, 1.807) is 26.8 Å². The van der Waals surface area contributed by atoms with E-state index in [1.807, 2.05) is 0 Å². The highest BCUT2D eigenvalue weighted by Crippen LogP contribution is 2.12. The number of nitrogens with one attached hydrogen (secondary N) is 2. The van der Waals surface area contributed by atoms with Gasteiger partial charge in [-0.3, -0.25) is 19.4 Å². The Morgan fingerprint density at radius 1 is 1.24 bits per heavy atom. The molecule has 7 nitrogen and oxygen atoms in total. The summed E-state index contributed by atoms with van der Waals surface area (Å²) in [5, 5.41) is 13.7. The molecule has 0 aliphatic rings. The summed E-state index contributed by atoms with van der Waals surface area (Å²) in [5.41, 5.74) is 0.293. The van der Waals surface area contributed by atoms with Crippen molar-refractivity contribution in [1.29, 1.82) is 0 Å². The number of aromatic nitrogens is 1. The standard InChI is InChI=1S/C14H19N3O4/c1-14(2,3)13(21)16-8-11(18)17-10-5-4-9(15-7-10)6-12(19)20/h4-5,7H,6,8H2,1-3H3,(H,16,21)(H,17,18)(H,19,20). The van der Waals surface area contributed by atoms with Crippen LogP contribution in [-0.2, 0) is 20.8 Å². The zero-order chi connectivity index (χ0) is 16.0. The Labute approximate surface area is 122 Å². The Hall–Kier alpha value is -2.44. The second kappa shape index (κ2) is 6.83. The first-order valence-corrected chi connectivity index (χ1v) is 6.43. The number of hydrogen-bond donors (Lipinski definition) is 3. The van der Waals surface area contributed by atoms with Gasteiger partial charge in [-0.1, -0.05) is 20.8 Å². The van der Waals surface area contributed by atoms with Crippen LogP contribution in [0.5, 0.6) is 0 Å². The maximum absolute atomic E-state index is 11.7. The van der Waals surface area contributed by atoms with Gasteiger partial charge >= 0.3 is 5.97 Å². The highest BCUT2D eigenvalue weighted by atomic mass is 16.4. The number of carbonyl (C=O) groups is 3. The first-order chi connectivity index (χ1) is 9.68. The highest BCUT2D eigenvalue weighted by Gasteiger charge is 2.21. The molecule has 0 unspecified atom stereocenters. The summed E-state index contributed by atoms with van der Waals surface area (Å²) in [5.74, 6) is -1.56. The molecule has 0 atom stereocenters. The molecule has 0 radical (unpaired) electrons. The molecule has 114 valence electrons. The molecule has 0 spiro atoms. The van der Waals surface area contributed by atoms with Crippen molar-refractivity contribution in [1.82, 2.24) is 10.3 Å². The third-order valence-electron chi connectivity index (χ3n) is 2.53. The third kappa shape index (κ3) is 6.03. The Kier molecular flexibility index (Phi) is 5.40. The number of aliphatic carboxylic acids is 1. The molecule has 2 amide bonds. The minimum Gasteiger partial charge on any atom is -0.481 e. The normalized spacial score (nSPS) is 10.8. The molecule has 7 heteroatoms. The van der Waals surface area contributed by atoms with Gasteiger partial charge in [0.15, 0.2) is 0 Å². The molecule has 0 saturated heterocycles. The number of carboxylic acid groups (broad SMARTS) is 1. The molecule has 3 N–H and O–H groups in total. The molecular formula is C14H19N3O4. The third-order valence-corrected chi connectivity index (χ3v) is 2.53. The summed E-state index contributed by atoms with van der Waals surface area (Å²) < 4.78 is 0. The van der Waals surface area contributed by atoms with Gasteiger partial charge in [-0.05, 0) is 12.1 Å². The smallest absolute Gasteiger partial charge is 0.309 e. The fraction of sp³-hybridized carbons (Fsp3) is 0.429. The molecule has 21 heavy (non-hydrogen) atoms. The van der Waals surface area contributed by atoms with Crippen LogP contribution in [0.25, 0.3) is 0 Å². The van der Waals surface area contributed by atoms with Crippen LogP contribution in [0, 0.1) is 5.41 Å². The fourth-order valence-electron chi connectivity index (χ4n) is 1.39. The van der Waals surface area contributed by atoms with E-state index in [4.69, 9.17) is 5.11 Å². The van der Waals surface area contributed by atoms with E-state index in [1.165, 1.54) is 12.3 Å². The zero-order valence-corrected chi connectivity index (χ0v) is 12.3. The average molecular weight is 293 g/mol. The molecule has 1 aromatic heterocycles. The number of pyridine rings is 1. The summed E-state index contributed by atoms with van der Waals surface area (Å²) in [6.07, 6.45) is 1.21. The number of anilines is 1. The fourth-order valence-corrected chi connectivity index (χ4v) is 1.39. The summed E-state index contributed by atoms with van der Waals surface area (Å²) in [6.45, 7) is 5.13. The van der Waals surface area contributed by atoms with Crippen LogP contribution in [0.15, 0.2) is 18.3 Å². The van der Waals surface area contributed by atoms with E-state index in [-0.39, 0.29) is 24.8 Å². The first-order valence-electron chi connectivity index (χ1n) is 6.43. The van der Waals surface area contributed by atoms with Gasteiger partial charge in [-0.25, -0.2) is 0 Å². The van der Waals surface area contributed by atoms with Crippen LogP contribution in [-0.4, -0.2) is 34.4 Å². The van der Waals surface area contributed by atoms with Gasteiger partial charge < -0.3 is 15.7 Å². The van der Waals surface area contributed by atoms with Gasteiger partial charge in [0, 0.05) is 5.41 Å². The van der Waals surface area contributed by atoms with E-state index in [2.05, 4.69) is 15.6 Å². The van der Waals surface area contributed by atoms with Crippen LogP contribution in [0.1, 0.15) is 26.5 Å². The minimum absolute atomic E-state index is 0.132. The lowest BCUT2D eigenvalue weighted by atomic mass is 9.96. The van der Waals surface area contributed by atoms with Crippen LogP contribution in [0.4, 0.5) is 5.69 Å². The summed E-state index contributed by atoms with van der Waals surface area (Å²) in [4.78, 5) is 37.7. The predicted molar refractivity (Wildman–Crippen MR) is 76.7 cm³/mol. The first kappa shape index (κ1) is 16.6. The number of rotatable bonds is 5. The summed E-state index contributed by atoms with van der Waals surface area (Å²) in [6, 6.07) is 3.09.